The molecule has 1 aromatic carbocycles. The molecular formula is C36H46F5NO2S2. The Morgan fingerprint density at radius 2 is 1.65 bits per heavy atom. The van der Waals surface area contributed by atoms with Crippen LogP contribution in [-0.4, -0.2) is 39.3 Å². The van der Waals surface area contributed by atoms with Gasteiger partial charge in [-0.25, -0.2) is 4.98 Å². The number of alkyl halides is 5. The van der Waals surface area contributed by atoms with Gasteiger partial charge in [0.15, 0.2) is 10.1 Å². The largest absolute Gasteiger partial charge is 0.456 e. The maximum Gasteiger partial charge on any atom is 0.456 e. The fourth-order valence-corrected chi connectivity index (χ4v) is 12.2. The number of aromatic nitrogens is 1. The zero-order valence-electron chi connectivity index (χ0n) is 26.8. The van der Waals surface area contributed by atoms with Gasteiger partial charge < -0.3 is 5.11 Å². The lowest BCUT2D eigenvalue weighted by Crippen LogP contribution is -2.66. The number of nitrogens with zero attached hydrogens (tertiary/aromatic N) is 1. The van der Waals surface area contributed by atoms with Crippen molar-refractivity contribution in [2.45, 2.75) is 126 Å². The Kier molecular flexibility index (Phi) is 9.51. The molecular weight excluding hydrogens is 638 g/mol. The minimum Gasteiger partial charge on any atom is -0.383 e. The lowest BCUT2D eigenvalue weighted by atomic mass is 9.43. The van der Waals surface area contributed by atoms with Gasteiger partial charge in [-0.2, -0.15) is 22.0 Å². The Hall–Kier alpha value is -1.52. The number of allylic oxidation sites excluding steroid dienone is 1. The number of rotatable bonds is 11. The minimum absolute atomic E-state index is 0.0355. The lowest BCUT2D eigenvalue weighted by molar-refractivity contribution is -0.364. The lowest BCUT2D eigenvalue weighted by Gasteiger charge is -2.62. The molecule has 0 aliphatic heterocycles. The van der Waals surface area contributed by atoms with Crippen LogP contribution in [-0.2, 0) is 4.79 Å². The van der Waals surface area contributed by atoms with Crippen LogP contribution >= 0.6 is 23.1 Å². The van der Waals surface area contributed by atoms with Gasteiger partial charge in [-0.1, -0.05) is 75.4 Å². The zero-order valence-corrected chi connectivity index (χ0v) is 28.4. The summed E-state index contributed by atoms with van der Waals surface area (Å²) < 4.78 is 73.5. The molecule has 1 heterocycles. The number of fused-ring (bicyclic) bond motifs is 6. The van der Waals surface area contributed by atoms with E-state index in [4.69, 9.17) is 4.98 Å². The quantitative estimate of drug-likeness (QED) is 0.146. The predicted molar refractivity (Wildman–Crippen MR) is 174 cm³/mol. The van der Waals surface area contributed by atoms with Crippen LogP contribution in [0.5, 0.6) is 0 Å². The van der Waals surface area contributed by atoms with E-state index in [1.165, 1.54) is 11.6 Å². The summed E-state index contributed by atoms with van der Waals surface area (Å²) in [5.74, 6) is -4.20. The fourth-order valence-electron chi connectivity index (χ4n) is 10.1. The Labute approximate surface area is 277 Å². The first-order valence-electron chi connectivity index (χ1n) is 17.1. The van der Waals surface area contributed by atoms with Crippen LogP contribution in [0.25, 0.3) is 10.2 Å². The SMILES string of the molecule is C[C@]12CCC(=O)C=C1CC(CCCCCCCCSc1nc3ccccc3s1)[C@@H]1[C@H]2CC[C@@]2(C)[C@H]1CCC2(O)C(F)(F)C(F)(F)F. The summed E-state index contributed by atoms with van der Waals surface area (Å²) in [4.78, 5) is 17.2. The summed E-state index contributed by atoms with van der Waals surface area (Å²) in [6, 6.07) is 8.18. The molecule has 3 nitrogen and oxygen atoms in total. The molecule has 2 unspecified atom stereocenters. The van der Waals surface area contributed by atoms with E-state index in [2.05, 4.69) is 13.0 Å². The van der Waals surface area contributed by atoms with E-state index in [9.17, 15) is 23.1 Å². The van der Waals surface area contributed by atoms with E-state index >= 15 is 8.78 Å². The van der Waals surface area contributed by atoms with Crippen molar-refractivity contribution < 1.29 is 31.9 Å². The molecule has 0 radical (unpaired) electrons. The molecule has 4 aliphatic carbocycles. The van der Waals surface area contributed by atoms with Crippen LogP contribution in [0.3, 0.4) is 0 Å². The topological polar surface area (TPSA) is 50.2 Å². The van der Waals surface area contributed by atoms with Gasteiger partial charge in [0.05, 0.1) is 10.2 Å². The van der Waals surface area contributed by atoms with Crippen molar-refractivity contribution in [1.82, 2.24) is 4.98 Å². The van der Waals surface area contributed by atoms with Crippen molar-refractivity contribution in [2.24, 2.45) is 34.5 Å². The summed E-state index contributed by atoms with van der Waals surface area (Å²) in [7, 11) is 0. The highest BCUT2D eigenvalue weighted by Crippen LogP contribution is 2.72. The molecule has 1 aromatic heterocycles. The fraction of sp³-hybridized carbons (Fsp3) is 0.722. The van der Waals surface area contributed by atoms with Crippen molar-refractivity contribution >= 4 is 39.1 Å². The zero-order chi connectivity index (χ0) is 33.0. The molecule has 0 spiro atoms. The Balaban J connectivity index is 1.07. The van der Waals surface area contributed by atoms with Gasteiger partial charge in [-0.3, -0.25) is 4.79 Å². The number of para-hydroxylation sites is 1. The molecule has 6 rings (SSSR count). The van der Waals surface area contributed by atoms with Crippen molar-refractivity contribution in [3.8, 4) is 0 Å². The second-order valence-corrected chi connectivity index (χ2v) is 17.3. The smallest absolute Gasteiger partial charge is 0.383 e. The molecule has 3 saturated carbocycles. The van der Waals surface area contributed by atoms with Gasteiger partial charge >= 0.3 is 12.1 Å². The van der Waals surface area contributed by atoms with Crippen molar-refractivity contribution in [3.63, 3.8) is 0 Å². The third-order valence-corrected chi connectivity index (χ3v) is 14.9. The predicted octanol–water partition coefficient (Wildman–Crippen LogP) is 10.8. The molecule has 3 fully saturated rings. The summed E-state index contributed by atoms with van der Waals surface area (Å²) >= 11 is 3.55. The van der Waals surface area contributed by atoms with Gasteiger partial charge in [-0.15, -0.1) is 11.3 Å². The van der Waals surface area contributed by atoms with E-state index in [0.29, 0.717) is 25.7 Å². The standard InChI is InChI=1S/C36H46F5NO2S2/c1-32-17-14-25(43)22-24(32)21-23(11-7-5-3-4-6-10-20-45-31-42-28-12-8-9-13-29(28)46-31)30-26(32)15-18-33(2)27(30)16-19-34(33,44)35(37,38)36(39,40)41/h8-9,12-13,22-23,26-27,30,44H,3-7,10-11,14-21H2,1-2H3/t23?,26-,27+,30-,32+,33+,34?/m1/s1. The third kappa shape index (κ3) is 5.78. The highest BCUT2D eigenvalue weighted by Gasteiger charge is 2.79. The van der Waals surface area contributed by atoms with Crippen molar-refractivity contribution in [1.29, 1.82) is 0 Å². The number of carbonyl (C=O) groups is 1. The van der Waals surface area contributed by atoms with E-state index < -0.39 is 35.5 Å². The van der Waals surface area contributed by atoms with Crippen LogP contribution in [0.15, 0.2) is 40.3 Å². The first kappa shape index (κ1) is 34.3. The Morgan fingerprint density at radius 1 is 0.957 bits per heavy atom. The molecule has 46 heavy (non-hydrogen) atoms. The first-order valence-corrected chi connectivity index (χ1v) is 18.9. The van der Waals surface area contributed by atoms with Gasteiger partial charge in [0.1, 0.15) is 5.60 Å². The average Bonchev–Trinajstić information content (AvgIpc) is 3.54. The molecule has 1 N–H and O–H groups in total. The molecule has 4 aliphatic rings. The maximum absolute atomic E-state index is 15.0. The van der Waals surface area contributed by atoms with Crippen LogP contribution in [0, 0.1) is 34.5 Å². The van der Waals surface area contributed by atoms with Crippen LogP contribution in [0.4, 0.5) is 22.0 Å². The normalized spacial score (nSPS) is 34.7. The number of unbranched alkanes of at least 4 members (excludes halogenated alkanes) is 5. The second-order valence-electron chi connectivity index (χ2n) is 14.9. The number of thioether (sulfide) groups is 1. The maximum atomic E-state index is 15.0. The average molecular weight is 684 g/mol. The van der Waals surface area contributed by atoms with Crippen molar-refractivity contribution in [2.75, 3.05) is 5.75 Å². The van der Waals surface area contributed by atoms with Crippen molar-refractivity contribution in [3.05, 3.63) is 35.9 Å². The molecule has 0 bridgehead atoms. The van der Waals surface area contributed by atoms with Gasteiger partial charge in [0.2, 0.25) is 0 Å². The number of ketones is 1. The van der Waals surface area contributed by atoms with E-state index in [0.717, 1.165) is 66.1 Å². The number of thiazole rings is 1. The number of benzene rings is 1. The summed E-state index contributed by atoms with van der Waals surface area (Å²) in [5, 5.41) is 11.3. The molecule has 0 saturated heterocycles. The van der Waals surface area contributed by atoms with Crippen LogP contribution in [0.2, 0.25) is 0 Å². The molecule has 2 aromatic rings. The van der Waals surface area contributed by atoms with Crippen LogP contribution < -0.4 is 0 Å². The highest BCUT2D eigenvalue weighted by molar-refractivity contribution is 8.01. The van der Waals surface area contributed by atoms with Crippen LogP contribution in [0.1, 0.15) is 104 Å². The van der Waals surface area contributed by atoms with Gasteiger partial charge in [0.25, 0.3) is 0 Å². The molecule has 254 valence electrons. The number of carbonyl (C=O) groups excluding carboxylic acids is 1. The number of hydrogen-bond donors (Lipinski definition) is 1. The summed E-state index contributed by atoms with van der Waals surface area (Å²) in [6.07, 6.45) is 5.55. The molecule has 7 atom stereocenters. The summed E-state index contributed by atoms with van der Waals surface area (Å²) in [5.41, 5.74) is -2.66. The van der Waals surface area contributed by atoms with Gasteiger partial charge in [0, 0.05) is 17.6 Å². The van der Waals surface area contributed by atoms with Gasteiger partial charge in [-0.05, 0) is 98.7 Å². The second kappa shape index (κ2) is 12.7. The van der Waals surface area contributed by atoms with E-state index in [1.54, 1.807) is 11.3 Å². The Bertz CT molecular complexity index is 1420. The number of aliphatic hydroxyl groups is 1. The minimum atomic E-state index is -5.80. The molecule has 0 amide bonds. The highest BCUT2D eigenvalue weighted by atomic mass is 32.2. The first-order chi connectivity index (χ1) is 21.7. The van der Waals surface area contributed by atoms with E-state index in [1.807, 2.05) is 36.0 Å². The summed E-state index contributed by atoms with van der Waals surface area (Å²) in [6.45, 7) is 3.69. The third-order valence-electron chi connectivity index (χ3n) is 12.6. The number of halogens is 5. The number of hydrogen-bond acceptors (Lipinski definition) is 5. The monoisotopic (exact) mass is 683 g/mol. The Morgan fingerprint density at radius 3 is 2.39 bits per heavy atom. The van der Waals surface area contributed by atoms with E-state index in [-0.39, 0.29) is 41.8 Å². The molecule has 10 heteroatoms.